The molecule has 52 valence electrons. The molecule has 0 aliphatic heterocycles. The van der Waals surface area contributed by atoms with E-state index < -0.39 is 5.41 Å². The Balaban J connectivity index is 4.26. The van der Waals surface area contributed by atoms with Gasteiger partial charge < -0.3 is 5.41 Å². The maximum Gasteiger partial charge on any atom is 0.0901 e. The summed E-state index contributed by atoms with van der Waals surface area (Å²) >= 11 is 0. The average Bonchev–Trinajstić information content (AvgIpc) is 1.89. The van der Waals surface area contributed by atoms with Gasteiger partial charge in [-0.15, -0.1) is 0 Å². The lowest BCUT2D eigenvalue weighted by molar-refractivity contribution is 0.679. The molecule has 0 saturated carbocycles. The van der Waals surface area contributed by atoms with Crippen molar-refractivity contribution in [2.45, 2.75) is 20.3 Å². The topological polar surface area (TPSA) is 71.4 Å². The maximum atomic E-state index is 8.49. The second-order valence-electron chi connectivity index (χ2n) is 2.55. The minimum absolute atomic E-state index is 0.0422. The first kappa shape index (κ1) is 8.65. The van der Waals surface area contributed by atoms with E-state index in [0.717, 1.165) is 0 Å². The third-order valence-corrected chi connectivity index (χ3v) is 1.29. The smallest absolute Gasteiger partial charge is 0.0901 e. The van der Waals surface area contributed by atoms with Gasteiger partial charge in [0.05, 0.1) is 24.0 Å². The number of hydrogen-bond acceptors (Lipinski definition) is 3. The third-order valence-electron chi connectivity index (χ3n) is 1.29. The van der Waals surface area contributed by atoms with Gasteiger partial charge in [-0.25, -0.2) is 0 Å². The number of rotatable bonds is 2. The highest BCUT2D eigenvalue weighted by molar-refractivity contribution is 5.90. The molecule has 0 aromatic rings. The summed E-state index contributed by atoms with van der Waals surface area (Å²) in [6.45, 7) is 3.26. The van der Waals surface area contributed by atoms with Gasteiger partial charge >= 0.3 is 0 Å². The van der Waals surface area contributed by atoms with E-state index >= 15 is 0 Å². The fraction of sp³-hybridized carbons (Fsp3) is 0.571. The first-order valence-electron chi connectivity index (χ1n) is 2.90. The molecule has 10 heavy (non-hydrogen) atoms. The van der Waals surface area contributed by atoms with Crippen molar-refractivity contribution in [2.24, 2.45) is 5.41 Å². The second-order valence-corrected chi connectivity index (χ2v) is 2.55. The van der Waals surface area contributed by atoms with Crippen molar-refractivity contribution >= 4 is 5.71 Å². The van der Waals surface area contributed by atoms with Crippen molar-refractivity contribution in [3.05, 3.63) is 0 Å². The molecule has 0 atom stereocenters. The van der Waals surface area contributed by atoms with E-state index in [-0.39, 0.29) is 12.1 Å². The molecule has 0 amide bonds. The van der Waals surface area contributed by atoms with Gasteiger partial charge in [-0.05, 0) is 13.8 Å². The predicted molar refractivity (Wildman–Crippen MR) is 37.4 cm³/mol. The Kier molecular flexibility index (Phi) is 2.58. The summed E-state index contributed by atoms with van der Waals surface area (Å²) in [6, 6.07) is 3.78. The van der Waals surface area contributed by atoms with Gasteiger partial charge in [0, 0.05) is 5.71 Å². The van der Waals surface area contributed by atoms with Crippen LogP contribution in [0.3, 0.4) is 0 Å². The van der Waals surface area contributed by atoms with Crippen LogP contribution >= 0.6 is 0 Å². The first-order valence-corrected chi connectivity index (χ1v) is 2.90. The molecule has 1 N–H and O–H groups in total. The molecule has 0 heterocycles. The van der Waals surface area contributed by atoms with E-state index in [1.54, 1.807) is 13.8 Å². The number of nitrogens with zero attached hydrogens (tertiary/aromatic N) is 2. The van der Waals surface area contributed by atoms with E-state index in [9.17, 15) is 0 Å². The van der Waals surface area contributed by atoms with Crippen LogP contribution in [-0.2, 0) is 0 Å². The first-order chi connectivity index (χ1) is 4.54. The van der Waals surface area contributed by atoms with Crippen molar-refractivity contribution in [3.8, 4) is 12.1 Å². The molecule has 0 unspecified atom stereocenters. The zero-order valence-electron chi connectivity index (χ0n) is 6.10. The number of hydrogen-bond donors (Lipinski definition) is 1. The summed E-state index contributed by atoms with van der Waals surface area (Å²) in [5, 5.41) is 23.9. The van der Waals surface area contributed by atoms with Crippen LogP contribution in [0, 0.1) is 33.5 Å². The highest BCUT2D eigenvalue weighted by Crippen LogP contribution is 2.16. The van der Waals surface area contributed by atoms with Gasteiger partial charge in [-0.2, -0.15) is 10.5 Å². The van der Waals surface area contributed by atoms with Gasteiger partial charge in [0.15, 0.2) is 0 Å². The van der Waals surface area contributed by atoms with Gasteiger partial charge in [0.25, 0.3) is 0 Å². The summed E-state index contributed by atoms with van der Waals surface area (Å²) in [6.07, 6.45) is 0.0422. The standard InChI is InChI=1S/C7H9N3/c1-7(2,5-9)6(10)3-4-8/h10H,3H2,1-2H3. The van der Waals surface area contributed by atoms with Crippen molar-refractivity contribution < 1.29 is 0 Å². The van der Waals surface area contributed by atoms with Crippen molar-refractivity contribution in [1.29, 1.82) is 15.9 Å². The molecule has 0 spiro atoms. The molecule has 0 radical (unpaired) electrons. The van der Waals surface area contributed by atoms with Crippen LogP contribution in [0.15, 0.2) is 0 Å². The Hall–Kier alpha value is -1.35. The number of nitriles is 2. The van der Waals surface area contributed by atoms with Crippen molar-refractivity contribution in [3.63, 3.8) is 0 Å². The molecular weight excluding hydrogens is 126 g/mol. The Morgan fingerprint density at radius 3 is 2.30 bits per heavy atom. The molecule has 3 nitrogen and oxygen atoms in total. The lowest BCUT2D eigenvalue weighted by Crippen LogP contribution is -2.20. The van der Waals surface area contributed by atoms with Crippen LogP contribution < -0.4 is 0 Å². The molecule has 0 saturated heterocycles. The van der Waals surface area contributed by atoms with Crippen LogP contribution in [0.1, 0.15) is 20.3 Å². The van der Waals surface area contributed by atoms with E-state index in [1.165, 1.54) is 0 Å². The highest BCUT2D eigenvalue weighted by Gasteiger charge is 2.22. The molecule has 0 aliphatic rings. The molecule has 0 rings (SSSR count). The summed E-state index contributed by atoms with van der Waals surface area (Å²) in [5.41, 5.74) is -0.604. The molecule has 0 aliphatic carbocycles. The summed E-state index contributed by atoms with van der Waals surface area (Å²) < 4.78 is 0. The summed E-state index contributed by atoms with van der Waals surface area (Å²) in [7, 11) is 0. The van der Waals surface area contributed by atoms with Crippen molar-refractivity contribution in [1.82, 2.24) is 0 Å². The van der Waals surface area contributed by atoms with Crippen LogP contribution in [0.25, 0.3) is 0 Å². The molecule has 0 fully saturated rings. The van der Waals surface area contributed by atoms with Gasteiger partial charge in [0.2, 0.25) is 0 Å². The second kappa shape index (κ2) is 2.98. The fourth-order valence-electron chi connectivity index (χ4n) is 0.368. The Morgan fingerprint density at radius 1 is 1.50 bits per heavy atom. The van der Waals surface area contributed by atoms with Gasteiger partial charge in [-0.3, -0.25) is 0 Å². The van der Waals surface area contributed by atoms with Crippen molar-refractivity contribution in [2.75, 3.05) is 0 Å². The normalized spacial score (nSPS) is 9.60. The minimum atomic E-state index is -0.782. The lowest BCUT2D eigenvalue weighted by Gasteiger charge is -2.13. The zero-order valence-corrected chi connectivity index (χ0v) is 6.10. The van der Waals surface area contributed by atoms with Gasteiger partial charge in [0.1, 0.15) is 0 Å². The Bertz CT molecular complexity index is 214. The minimum Gasteiger partial charge on any atom is -0.307 e. The third kappa shape index (κ3) is 1.87. The van der Waals surface area contributed by atoms with E-state index in [4.69, 9.17) is 15.9 Å². The molecule has 3 heteroatoms. The monoisotopic (exact) mass is 135 g/mol. The molecular formula is C7H9N3. The van der Waals surface area contributed by atoms with E-state index in [1.807, 2.05) is 12.1 Å². The molecule has 0 aromatic heterocycles. The molecule has 0 aromatic carbocycles. The van der Waals surface area contributed by atoms with Crippen LogP contribution in [-0.4, -0.2) is 5.71 Å². The fourth-order valence-corrected chi connectivity index (χ4v) is 0.368. The Morgan fingerprint density at radius 2 is 2.00 bits per heavy atom. The summed E-state index contributed by atoms with van der Waals surface area (Å²) in [5.74, 6) is 0. The summed E-state index contributed by atoms with van der Waals surface area (Å²) in [4.78, 5) is 0. The van der Waals surface area contributed by atoms with E-state index in [2.05, 4.69) is 0 Å². The van der Waals surface area contributed by atoms with Crippen LogP contribution in [0.4, 0.5) is 0 Å². The van der Waals surface area contributed by atoms with Gasteiger partial charge in [-0.1, -0.05) is 0 Å². The van der Waals surface area contributed by atoms with E-state index in [0.29, 0.717) is 0 Å². The highest BCUT2D eigenvalue weighted by atomic mass is 14.5. The maximum absolute atomic E-state index is 8.49. The average molecular weight is 135 g/mol. The van der Waals surface area contributed by atoms with Crippen LogP contribution in [0.2, 0.25) is 0 Å². The zero-order chi connectivity index (χ0) is 8.20. The molecule has 0 bridgehead atoms. The lowest BCUT2D eigenvalue weighted by atomic mass is 9.88. The predicted octanol–water partition coefficient (Wildman–Crippen LogP) is 1.47. The Labute approximate surface area is 60.4 Å². The number of nitrogens with one attached hydrogen (secondary N) is 1. The largest absolute Gasteiger partial charge is 0.307 e. The SMILES string of the molecule is CC(C)(C#N)C(=N)CC#N. The quantitative estimate of drug-likeness (QED) is 0.582. The van der Waals surface area contributed by atoms with Crippen LogP contribution in [0.5, 0.6) is 0 Å².